The van der Waals surface area contributed by atoms with Crippen molar-refractivity contribution in [2.75, 3.05) is 24.2 Å². The lowest BCUT2D eigenvalue weighted by molar-refractivity contribution is 0.697. The van der Waals surface area contributed by atoms with Crippen molar-refractivity contribution in [2.24, 2.45) is 7.05 Å². The van der Waals surface area contributed by atoms with Crippen molar-refractivity contribution >= 4 is 11.5 Å². The third-order valence-electron chi connectivity index (χ3n) is 3.47. The van der Waals surface area contributed by atoms with Crippen LogP contribution in [0.15, 0.2) is 24.5 Å². The molecule has 5 heteroatoms. The Balaban J connectivity index is 2.11. The molecule has 0 saturated carbocycles. The molecular formula is C15H23N5. The maximum atomic E-state index is 6.24. The highest BCUT2D eigenvalue weighted by atomic mass is 15.4. The van der Waals surface area contributed by atoms with E-state index in [9.17, 15) is 0 Å². The van der Waals surface area contributed by atoms with Gasteiger partial charge in [-0.3, -0.25) is 9.67 Å². The predicted octanol–water partition coefficient (Wildman–Crippen LogP) is 2.20. The molecule has 0 bridgehead atoms. The molecule has 0 aliphatic rings. The van der Waals surface area contributed by atoms with Crippen molar-refractivity contribution < 1.29 is 0 Å². The number of rotatable bonds is 5. The molecule has 0 amide bonds. The van der Waals surface area contributed by atoms with E-state index in [0.717, 1.165) is 30.2 Å². The molecule has 0 atom stereocenters. The first-order valence-electron chi connectivity index (χ1n) is 6.93. The van der Waals surface area contributed by atoms with E-state index < -0.39 is 0 Å². The van der Waals surface area contributed by atoms with Crippen LogP contribution in [0.25, 0.3) is 0 Å². The van der Waals surface area contributed by atoms with Crippen molar-refractivity contribution in [2.45, 2.75) is 26.2 Å². The Morgan fingerprint density at radius 3 is 2.50 bits per heavy atom. The molecule has 0 aliphatic carbocycles. The van der Waals surface area contributed by atoms with Crippen LogP contribution in [-0.4, -0.2) is 28.4 Å². The van der Waals surface area contributed by atoms with Gasteiger partial charge in [0.25, 0.3) is 0 Å². The summed E-state index contributed by atoms with van der Waals surface area (Å²) in [5.74, 6) is 1.33. The number of anilines is 2. The van der Waals surface area contributed by atoms with Crippen LogP contribution in [0.2, 0.25) is 0 Å². The van der Waals surface area contributed by atoms with E-state index in [4.69, 9.17) is 5.73 Å². The molecule has 2 rings (SSSR count). The summed E-state index contributed by atoms with van der Waals surface area (Å²) in [5.41, 5.74) is 9.28. The fourth-order valence-corrected chi connectivity index (χ4v) is 2.38. The average molecular weight is 273 g/mol. The molecular weight excluding hydrogens is 250 g/mol. The van der Waals surface area contributed by atoms with Gasteiger partial charge >= 0.3 is 0 Å². The minimum absolute atomic E-state index is 0.337. The summed E-state index contributed by atoms with van der Waals surface area (Å²) in [6.45, 7) is 5.12. The number of nitrogens with two attached hydrogens (primary N) is 1. The van der Waals surface area contributed by atoms with Crippen molar-refractivity contribution in [3.63, 3.8) is 0 Å². The van der Waals surface area contributed by atoms with Gasteiger partial charge in [-0.2, -0.15) is 5.10 Å². The second-order valence-electron chi connectivity index (χ2n) is 5.43. The normalized spacial score (nSPS) is 11.1. The number of likely N-dealkylation sites (N-methyl/N-ethyl adjacent to an activating group) is 1. The molecule has 108 valence electrons. The first kappa shape index (κ1) is 14.4. The molecule has 2 aromatic rings. The van der Waals surface area contributed by atoms with Gasteiger partial charge in [-0.15, -0.1) is 0 Å². The summed E-state index contributed by atoms with van der Waals surface area (Å²) in [5, 5.41) is 4.53. The number of nitrogen functional groups attached to an aromatic ring is 1. The SMILES string of the molecule is CC(C)c1nn(C)c(N(C)CCc2ccncc2)c1N. The van der Waals surface area contributed by atoms with Crippen LogP contribution in [0.3, 0.4) is 0 Å². The Kier molecular flexibility index (Phi) is 4.27. The molecule has 0 aromatic carbocycles. The van der Waals surface area contributed by atoms with Crippen LogP contribution < -0.4 is 10.6 Å². The van der Waals surface area contributed by atoms with Gasteiger partial charge in [0.1, 0.15) is 5.82 Å². The molecule has 0 fully saturated rings. The van der Waals surface area contributed by atoms with Crippen LogP contribution in [-0.2, 0) is 13.5 Å². The summed E-state index contributed by atoms with van der Waals surface area (Å²) in [6, 6.07) is 4.08. The van der Waals surface area contributed by atoms with Crippen LogP contribution >= 0.6 is 0 Å². The van der Waals surface area contributed by atoms with Gasteiger partial charge in [0.2, 0.25) is 0 Å². The topological polar surface area (TPSA) is 60.0 Å². The van der Waals surface area contributed by atoms with Gasteiger partial charge in [0.15, 0.2) is 0 Å². The summed E-state index contributed by atoms with van der Waals surface area (Å²) >= 11 is 0. The number of aromatic nitrogens is 3. The van der Waals surface area contributed by atoms with Crippen molar-refractivity contribution in [3.8, 4) is 0 Å². The number of hydrogen-bond donors (Lipinski definition) is 1. The third kappa shape index (κ3) is 2.92. The largest absolute Gasteiger partial charge is 0.394 e. The Labute approximate surface area is 120 Å². The molecule has 2 N–H and O–H groups in total. The molecule has 20 heavy (non-hydrogen) atoms. The highest BCUT2D eigenvalue weighted by molar-refractivity contribution is 5.66. The number of hydrogen-bond acceptors (Lipinski definition) is 4. The van der Waals surface area contributed by atoms with Gasteiger partial charge in [0, 0.05) is 33.0 Å². The number of nitrogens with zero attached hydrogens (tertiary/aromatic N) is 4. The lowest BCUT2D eigenvalue weighted by Crippen LogP contribution is -2.23. The number of pyridine rings is 1. The first-order chi connectivity index (χ1) is 9.50. The maximum absolute atomic E-state index is 6.24. The van der Waals surface area contributed by atoms with Gasteiger partial charge in [-0.1, -0.05) is 13.8 Å². The van der Waals surface area contributed by atoms with E-state index in [-0.39, 0.29) is 0 Å². The fraction of sp³-hybridized carbons (Fsp3) is 0.467. The second kappa shape index (κ2) is 5.94. The Hall–Kier alpha value is -2.04. The standard InChI is InChI=1S/C15H23N5/c1-11(2)14-13(16)15(20(4)18-14)19(3)10-7-12-5-8-17-9-6-12/h5-6,8-9,11H,7,10,16H2,1-4H3. The van der Waals surface area contributed by atoms with Crippen LogP contribution in [0.1, 0.15) is 31.0 Å². The summed E-state index contributed by atoms with van der Waals surface area (Å²) in [4.78, 5) is 6.20. The summed E-state index contributed by atoms with van der Waals surface area (Å²) in [7, 11) is 4.00. The minimum Gasteiger partial charge on any atom is -0.394 e. The third-order valence-corrected chi connectivity index (χ3v) is 3.47. The van der Waals surface area contributed by atoms with Crippen LogP contribution in [0.4, 0.5) is 11.5 Å². The van der Waals surface area contributed by atoms with Crippen molar-refractivity contribution in [3.05, 3.63) is 35.8 Å². The zero-order valence-corrected chi connectivity index (χ0v) is 12.7. The van der Waals surface area contributed by atoms with E-state index in [0.29, 0.717) is 5.92 Å². The molecule has 5 nitrogen and oxygen atoms in total. The monoisotopic (exact) mass is 273 g/mol. The predicted molar refractivity (Wildman–Crippen MR) is 82.9 cm³/mol. The minimum atomic E-state index is 0.337. The smallest absolute Gasteiger partial charge is 0.150 e. The lowest BCUT2D eigenvalue weighted by Gasteiger charge is -2.20. The van der Waals surface area contributed by atoms with E-state index in [2.05, 4.69) is 35.9 Å². The van der Waals surface area contributed by atoms with E-state index in [1.165, 1.54) is 5.56 Å². The van der Waals surface area contributed by atoms with Crippen LogP contribution in [0, 0.1) is 0 Å². The van der Waals surface area contributed by atoms with Crippen LogP contribution in [0.5, 0.6) is 0 Å². The van der Waals surface area contributed by atoms with E-state index >= 15 is 0 Å². The molecule has 0 saturated heterocycles. The second-order valence-corrected chi connectivity index (χ2v) is 5.43. The highest BCUT2D eigenvalue weighted by Crippen LogP contribution is 2.29. The zero-order valence-electron chi connectivity index (χ0n) is 12.7. The molecule has 0 spiro atoms. The molecule has 2 heterocycles. The molecule has 0 unspecified atom stereocenters. The lowest BCUT2D eigenvalue weighted by atomic mass is 10.1. The first-order valence-corrected chi connectivity index (χ1v) is 6.93. The zero-order chi connectivity index (χ0) is 14.7. The summed E-state index contributed by atoms with van der Waals surface area (Å²) < 4.78 is 1.87. The molecule has 2 aromatic heterocycles. The van der Waals surface area contributed by atoms with E-state index in [1.54, 1.807) is 0 Å². The van der Waals surface area contributed by atoms with Gasteiger partial charge in [-0.05, 0) is 30.0 Å². The van der Waals surface area contributed by atoms with Crippen molar-refractivity contribution in [1.29, 1.82) is 0 Å². The Morgan fingerprint density at radius 1 is 1.30 bits per heavy atom. The molecule has 0 aliphatic heterocycles. The van der Waals surface area contributed by atoms with Gasteiger partial charge in [0.05, 0.1) is 11.4 Å². The highest BCUT2D eigenvalue weighted by Gasteiger charge is 2.18. The fourth-order valence-electron chi connectivity index (χ4n) is 2.38. The summed E-state index contributed by atoms with van der Waals surface area (Å²) in [6.07, 6.45) is 4.61. The van der Waals surface area contributed by atoms with E-state index in [1.807, 2.05) is 36.3 Å². The quantitative estimate of drug-likeness (QED) is 0.907. The van der Waals surface area contributed by atoms with Crippen molar-refractivity contribution in [1.82, 2.24) is 14.8 Å². The van der Waals surface area contributed by atoms with Gasteiger partial charge in [-0.25, -0.2) is 0 Å². The Morgan fingerprint density at radius 2 is 1.95 bits per heavy atom. The van der Waals surface area contributed by atoms with Gasteiger partial charge < -0.3 is 10.6 Å². The molecule has 0 radical (unpaired) electrons. The average Bonchev–Trinajstić information content (AvgIpc) is 2.73. The maximum Gasteiger partial charge on any atom is 0.150 e. The number of aryl methyl sites for hydroxylation is 1. The Bertz CT molecular complexity index is 559.